The van der Waals surface area contributed by atoms with Gasteiger partial charge in [-0.1, -0.05) is 42.5 Å². The minimum absolute atomic E-state index is 0.0548. The second-order valence-corrected chi connectivity index (χ2v) is 4.41. The molecule has 0 amide bonds. The SMILES string of the molecule is OCC(CO)c1ccc(OCc2ccccc2)cc1. The Labute approximate surface area is 113 Å². The van der Waals surface area contributed by atoms with Crippen LogP contribution in [0, 0.1) is 0 Å². The lowest BCUT2D eigenvalue weighted by molar-refractivity contribution is 0.192. The van der Waals surface area contributed by atoms with Crippen LogP contribution in [0.1, 0.15) is 17.0 Å². The summed E-state index contributed by atoms with van der Waals surface area (Å²) in [5, 5.41) is 18.2. The van der Waals surface area contributed by atoms with E-state index in [-0.39, 0.29) is 19.1 Å². The lowest BCUT2D eigenvalue weighted by Crippen LogP contribution is -2.08. The minimum Gasteiger partial charge on any atom is -0.489 e. The highest BCUT2D eigenvalue weighted by Crippen LogP contribution is 2.19. The molecule has 0 aliphatic heterocycles. The van der Waals surface area contributed by atoms with E-state index < -0.39 is 0 Å². The van der Waals surface area contributed by atoms with Crippen molar-refractivity contribution in [1.82, 2.24) is 0 Å². The Morgan fingerprint density at radius 2 is 1.47 bits per heavy atom. The Hall–Kier alpha value is -1.84. The van der Waals surface area contributed by atoms with Crippen LogP contribution in [0.4, 0.5) is 0 Å². The molecule has 2 rings (SSSR count). The molecule has 0 aliphatic rings. The van der Waals surface area contributed by atoms with E-state index in [1.165, 1.54) is 0 Å². The first-order chi connectivity index (χ1) is 9.33. The lowest BCUT2D eigenvalue weighted by atomic mass is 10.0. The van der Waals surface area contributed by atoms with E-state index >= 15 is 0 Å². The summed E-state index contributed by atoms with van der Waals surface area (Å²) >= 11 is 0. The molecule has 100 valence electrons. The standard InChI is InChI=1S/C16H18O3/c17-10-15(11-18)14-6-8-16(9-7-14)19-12-13-4-2-1-3-5-13/h1-9,15,17-18H,10-12H2. The fourth-order valence-corrected chi connectivity index (χ4v) is 1.85. The summed E-state index contributed by atoms with van der Waals surface area (Å²) in [6, 6.07) is 17.4. The van der Waals surface area contributed by atoms with Crippen LogP contribution in [0.5, 0.6) is 5.75 Å². The number of hydrogen-bond acceptors (Lipinski definition) is 3. The third-order valence-corrected chi connectivity index (χ3v) is 3.04. The molecule has 2 aromatic carbocycles. The highest BCUT2D eigenvalue weighted by Gasteiger charge is 2.08. The average molecular weight is 258 g/mol. The third kappa shape index (κ3) is 3.81. The van der Waals surface area contributed by atoms with E-state index in [2.05, 4.69) is 0 Å². The van der Waals surface area contributed by atoms with Crippen LogP contribution in [0.3, 0.4) is 0 Å². The maximum Gasteiger partial charge on any atom is 0.119 e. The second kappa shape index (κ2) is 6.92. The fourth-order valence-electron chi connectivity index (χ4n) is 1.85. The molecule has 0 aliphatic carbocycles. The zero-order valence-corrected chi connectivity index (χ0v) is 10.7. The fraction of sp³-hybridized carbons (Fsp3) is 0.250. The molecule has 2 aromatic rings. The summed E-state index contributed by atoms with van der Waals surface area (Å²) in [4.78, 5) is 0. The van der Waals surface area contributed by atoms with Gasteiger partial charge < -0.3 is 14.9 Å². The van der Waals surface area contributed by atoms with E-state index in [1.807, 2.05) is 54.6 Å². The van der Waals surface area contributed by atoms with Crippen molar-refractivity contribution in [2.24, 2.45) is 0 Å². The monoisotopic (exact) mass is 258 g/mol. The molecular weight excluding hydrogens is 240 g/mol. The maximum atomic E-state index is 9.11. The molecule has 3 heteroatoms. The maximum absolute atomic E-state index is 9.11. The van der Waals surface area contributed by atoms with Crippen molar-refractivity contribution >= 4 is 0 Å². The number of hydrogen-bond donors (Lipinski definition) is 2. The molecule has 0 saturated heterocycles. The summed E-state index contributed by atoms with van der Waals surface area (Å²) in [7, 11) is 0. The van der Waals surface area contributed by atoms with E-state index in [0.717, 1.165) is 16.9 Å². The molecule has 0 atom stereocenters. The van der Waals surface area contributed by atoms with Crippen LogP contribution in [-0.4, -0.2) is 23.4 Å². The number of aliphatic hydroxyl groups excluding tert-OH is 2. The minimum atomic E-state index is -0.219. The summed E-state index contributed by atoms with van der Waals surface area (Å²) in [6.07, 6.45) is 0. The molecule has 0 saturated carbocycles. The van der Waals surface area contributed by atoms with Crippen molar-refractivity contribution < 1.29 is 14.9 Å². The van der Waals surface area contributed by atoms with Gasteiger partial charge in [-0.05, 0) is 23.3 Å². The third-order valence-electron chi connectivity index (χ3n) is 3.04. The molecule has 0 radical (unpaired) electrons. The van der Waals surface area contributed by atoms with Gasteiger partial charge in [-0.15, -0.1) is 0 Å². The molecular formula is C16H18O3. The molecule has 0 spiro atoms. The van der Waals surface area contributed by atoms with Gasteiger partial charge in [0.2, 0.25) is 0 Å². The molecule has 0 fully saturated rings. The summed E-state index contributed by atoms with van der Waals surface area (Å²) in [6.45, 7) is 0.422. The molecule has 0 heterocycles. The summed E-state index contributed by atoms with van der Waals surface area (Å²) in [5.74, 6) is 0.561. The number of aliphatic hydroxyl groups is 2. The zero-order chi connectivity index (χ0) is 13.5. The van der Waals surface area contributed by atoms with Crippen LogP contribution < -0.4 is 4.74 Å². The molecule has 19 heavy (non-hydrogen) atoms. The van der Waals surface area contributed by atoms with Gasteiger partial charge in [-0.3, -0.25) is 0 Å². The molecule has 0 unspecified atom stereocenters. The second-order valence-electron chi connectivity index (χ2n) is 4.41. The highest BCUT2D eigenvalue weighted by molar-refractivity contribution is 5.30. The normalized spacial score (nSPS) is 10.7. The smallest absolute Gasteiger partial charge is 0.119 e. The predicted octanol–water partition coefficient (Wildman–Crippen LogP) is 2.33. The van der Waals surface area contributed by atoms with Gasteiger partial charge in [0, 0.05) is 5.92 Å². The van der Waals surface area contributed by atoms with Crippen molar-refractivity contribution in [3.63, 3.8) is 0 Å². The van der Waals surface area contributed by atoms with E-state index in [0.29, 0.717) is 6.61 Å². The number of benzene rings is 2. The van der Waals surface area contributed by atoms with Crippen LogP contribution in [0.2, 0.25) is 0 Å². The number of rotatable bonds is 6. The van der Waals surface area contributed by atoms with Crippen LogP contribution in [0.15, 0.2) is 54.6 Å². The molecule has 0 bridgehead atoms. The van der Waals surface area contributed by atoms with Crippen LogP contribution in [-0.2, 0) is 6.61 Å². The first-order valence-electron chi connectivity index (χ1n) is 6.32. The Morgan fingerprint density at radius 3 is 2.05 bits per heavy atom. The van der Waals surface area contributed by atoms with E-state index in [1.54, 1.807) is 0 Å². The van der Waals surface area contributed by atoms with Crippen LogP contribution >= 0.6 is 0 Å². The highest BCUT2D eigenvalue weighted by atomic mass is 16.5. The average Bonchev–Trinajstić information content (AvgIpc) is 2.49. The van der Waals surface area contributed by atoms with Crippen molar-refractivity contribution in [1.29, 1.82) is 0 Å². The number of ether oxygens (including phenoxy) is 1. The van der Waals surface area contributed by atoms with Crippen LogP contribution in [0.25, 0.3) is 0 Å². The predicted molar refractivity (Wildman–Crippen MR) is 74.1 cm³/mol. The summed E-state index contributed by atoms with van der Waals surface area (Å²) in [5.41, 5.74) is 2.03. The van der Waals surface area contributed by atoms with Crippen molar-refractivity contribution in [2.75, 3.05) is 13.2 Å². The Balaban J connectivity index is 1.95. The largest absolute Gasteiger partial charge is 0.489 e. The topological polar surface area (TPSA) is 49.7 Å². The van der Waals surface area contributed by atoms with Gasteiger partial charge in [0.25, 0.3) is 0 Å². The van der Waals surface area contributed by atoms with Crippen molar-refractivity contribution in [2.45, 2.75) is 12.5 Å². The van der Waals surface area contributed by atoms with Gasteiger partial charge in [0.05, 0.1) is 13.2 Å². The van der Waals surface area contributed by atoms with Gasteiger partial charge in [-0.25, -0.2) is 0 Å². The zero-order valence-electron chi connectivity index (χ0n) is 10.7. The first kappa shape index (κ1) is 13.6. The summed E-state index contributed by atoms with van der Waals surface area (Å²) < 4.78 is 5.67. The quantitative estimate of drug-likeness (QED) is 0.836. The Kier molecular flexibility index (Phi) is 4.95. The molecule has 2 N–H and O–H groups in total. The van der Waals surface area contributed by atoms with Gasteiger partial charge in [-0.2, -0.15) is 0 Å². The van der Waals surface area contributed by atoms with Gasteiger partial charge in [0.1, 0.15) is 12.4 Å². The molecule has 0 aromatic heterocycles. The Morgan fingerprint density at radius 1 is 0.842 bits per heavy atom. The van der Waals surface area contributed by atoms with Gasteiger partial charge in [0.15, 0.2) is 0 Å². The molecule has 3 nitrogen and oxygen atoms in total. The first-order valence-corrected chi connectivity index (χ1v) is 6.32. The lowest BCUT2D eigenvalue weighted by Gasteiger charge is -2.12. The van der Waals surface area contributed by atoms with Crippen molar-refractivity contribution in [3.8, 4) is 5.75 Å². The Bertz CT molecular complexity index is 475. The van der Waals surface area contributed by atoms with Gasteiger partial charge >= 0.3 is 0 Å². The van der Waals surface area contributed by atoms with E-state index in [9.17, 15) is 0 Å². The van der Waals surface area contributed by atoms with E-state index in [4.69, 9.17) is 14.9 Å². The van der Waals surface area contributed by atoms with Crippen molar-refractivity contribution in [3.05, 3.63) is 65.7 Å².